The van der Waals surface area contributed by atoms with Crippen LogP contribution in [0.3, 0.4) is 0 Å². The summed E-state index contributed by atoms with van der Waals surface area (Å²) in [4.78, 5) is 2.68. The van der Waals surface area contributed by atoms with Gasteiger partial charge in [0, 0.05) is 18.6 Å². The second-order valence-corrected chi connectivity index (χ2v) is 6.50. The van der Waals surface area contributed by atoms with E-state index in [1.54, 1.807) is 0 Å². The summed E-state index contributed by atoms with van der Waals surface area (Å²) in [5.41, 5.74) is 0. The Hall–Kier alpha value is -0.0800. The van der Waals surface area contributed by atoms with Crippen molar-refractivity contribution in [2.24, 2.45) is 5.92 Å². The van der Waals surface area contributed by atoms with Gasteiger partial charge >= 0.3 is 0 Å². The van der Waals surface area contributed by atoms with Crippen LogP contribution in [-0.2, 0) is 0 Å². The second kappa shape index (κ2) is 7.49. The van der Waals surface area contributed by atoms with Gasteiger partial charge in [-0.15, -0.1) is 0 Å². The minimum absolute atomic E-state index is 0.748. The van der Waals surface area contributed by atoms with Crippen LogP contribution >= 0.6 is 0 Å². The van der Waals surface area contributed by atoms with Crippen molar-refractivity contribution in [2.75, 3.05) is 20.1 Å². The largest absolute Gasteiger partial charge is 0.312 e. The molecular weight excluding hydrogens is 220 g/mol. The van der Waals surface area contributed by atoms with Gasteiger partial charge in [0.15, 0.2) is 0 Å². The van der Waals surface area contributed by atoms with Crippen molar-refractivity contribution in [1.82, 2.24) is 10.2 Å². The van der Waals surface area contributed by atoms with Crippen molar-refractivity contribution in [3.8, 4) is 0 Å². The fourth-order valence-corrected chi connectivity index (χ4v) is 3.60. The van der Waals surface area contributed by atoms with Gasteiger partial charge < -0.3 is 10.2 Å². The maximum atomic E-state index is 3.81. The highest BCUT2D eigenvalue weighted by molar-refractivity contribution is 4.87. The highest BCUT2D eigenvalue weighted by Gasteiger charge is 2.29. The summed E-state index contributed by atoms with van der Waals surface area (Å²) in [7, 11) is 2.37. The first-order valence-corrected chi connectivity index (χ1v) is 8.25. The van der Waals surface area contributed by atoms with E-state index >= 15 is 0 Å². The zero-order chi connectivity index (χ0) is 12.8. The molecule has 0 aromatic heterocycles. The Balaban J connectivity index is 1.86. The molecule has 2 aliphatic rings. The van der Waals surface area contributed by atoms with Gasteiger partial charge in [0.05, 0.1) is 0 Å². The molecule has 2 rings (SSSR count). The number of likely N-dealkylation sites (N-methyl/N-ethyl adjacent to an activating group) is 1. The van der Waals surface area contributed by atoms with Gasteiger partial charge in [-0.2, -0.15) is 0 Å². The first-order valence-electron chi connectivity index (χ1n) is 8.25. The fourth-order valence-electron chi connectivity index (χ4n) is 3.60. The Kier molecular flexibility index (Phi) is 5.97. The molecule has 1 N–H and O–H groups in total. The third kappa shape index (κ3) is 3.96. The van der Waals surface area contributed by atoms with Crippen LogP contribution in [0.4, 0.5) is 0 Å². The molecule has 2 heteroatoms. The summed E-state index contributed by atoms with van der Waals surface area (Å²) >= 11 is 0. The standard InChI is InChI=1S/C16H32N2/c1-3-12-17-15-10-5-4-6-11-16(15)18(2)13-14-8-7-9-14/h14-17H,3-13H2,1-2H3. The molecule has 2 unspecified atom stereocenters. The first-order chi connectivity index (χ1) is 8.81. The summed E-state index contributed by atoms with van der Waals surface area (Å²) in [6.07, 6.45) is 12.8. The van der Waals surface area contributed by atoms with E-state index in [0.717, 1.165) is 18.0 Å². The molecule has 0 amide bonds. The lowest BCUT2D eigenvalue weighted by molar-refractivity contribution is 0.129. The topological polar surface area (TPSA) is 15.3 Å². The zero-order valence-electron chi connectivity index (χ0n) is 12.5. The summed E-state index contributed by atoms with van der Waals surface area (Å²) in [6.45, 7) is 4.81. The summed E-state index contributed by atoms with van der Waals surface area (Å²) in [5, 5.41) is 3.81. The molecule has 2 aliphatic carbocycles. The van der Waals surface area contributed by atoms with Crippen LogP contribution in [0.5, 0.6) is 0 Å². The van der Waals surface area contributed by atoms with E-state index in [4.69, 9.17) is 0 Å². The number of hydrogen-bond acceptors (Lipinski definition) is 2. The summed E-state index contributed by atoms with van der Waals surface area (Å²) in [5.74, 6) is 1.00. The predicted molar refractivity (Wildman–Crippen MR) is 78.9 cm³/mol. The van der Waals surface area contributed by atoms with Gasteiger partial charge in [-0.05, 0) is 51.6 Å². The Morgan fingerprint density at radius 3 is 2.44 bits per heavy atom. The summed E-state index contributed by atoms with van der Waals surface area (Å²) < 4.78 is 0. The zero-order valence-corrected chi connectivity index (χ0v) is 12.5. The molecule has 106 valence electrons. The minimum Gasteiger partial charge on any atom is -0.312 e. The van der Waals surface area contributed by atoms with Crippen LogP contribution in [0, 0.1) is 5.92 Å². The van der Waals surface area contributed by atoms with Crippen LogP contribution in [-0.4, -0.2) is 37.1 Å². The number of rotatable bonds is 6. The van der Waals surface area contributed by atoms with Crippen LogP contribution < -0.4 is 5.32 Å². The Morgan fingerprint density at radius 2 is 1.78 bits per heavy atom. The number of hydrogen-bond donors (Lipinski definition) is 1. The molecule has 2 nitrogen and oxygen atoms in total. The van der Waals surface area contributed by atoms with Gasteiger partial charge in [0.1, 0.15) is 0 Å². The number of nitrogens with one attached hydrogen (secondary N) is 1. The lowest BCUT2D eigenvalue weighted by Crippen LogP contribution is -2.50. The van der Waals surface area contributed by atoms with Crippen molar-refractivity contribution in [3.05, 3.63) is 0 Å². The predicted octanol–water partition coefficient (Wildman–Crippen LogP) is 3.42. The normalized spacial score (nSPS) is 30.2. The van der Waals surface area contributed by atoms with Crippen molar-refractivity contribution < 1.29 is 0 Å². The van der Waals surface area contributed by atoms with Crippen LogP contribution in [0.2, 0.25) is 0 Å². The molecule has 0 radical (unpaired) electrons. The quantitative estimate of drug-likeness (QED) is 0.729. The molecule has 0 aromatic carbocycles. The van der Waals surface area contributed by atoms with Gasteiger partial charge in [-0.3, -0.25) is 0 Å². The molecule has 2 saturated carbocycles. The SMILES string of the molecule is CCCNC1CCCCCC1N(C)CC1CCC1. The van der Waals surface area contributed by atoms with Crippen LogP contribution in [0.15, 0.2) is 0 Å². The molecule has 2 atom stereocenters. The van der Waals surface area contributed by atoms with E-state index in [1.807, 2.05) is 0 Å². The van der Waals surface area contributed by atoms with Crippen molar-refractivity contribution in [2.45, 2.75) is 76.8 Å². The van der Waals surface area contributed by atoms with Crippen molar-refractivity contribution in [1.29, 1.82) is 0 Å². The highest BCUT2D eigenvalue weighted by atomic mass is 15.2. The molecule has 0 aromatic rings. The Morgan fingerprint density at radius 1 is 1.00 bits per heavy atom. The smallest absolute Gasteiger partial charge is 0.0246 e. The monoisotopic (exact) mass is 252 g/mol. The highest BCUT2D eigenvalue weighted by Crippen LogP contribution is 2.29. The maximum absolute atomic E-state index is 3.81. The van der Waals surface area contributed by atoms with E-state index in [-0.39, 0.29) is 0 Å². The Labute approximate surface area is 114 Å². The second-order valence-electron chi connectivity index (χ2n) is 6.50. The molecule has 0 bridgehead atoms. The first kappa shape index (κ1) is 14.3. The van der Waals surface area contributed by atoms with E-state index in [2.05, 4.69) is 24.2 Å². The van der Waals surface area contributed by atoms with Gasteiger partial charge in [-0.25, -0.2) is 0 Å². The van der Waals surface area contributed by atoms with Crippen molar-refractivity contribution >= 4 is 0 Å². The van der Waals surface area contributed by atoms with Gasteiger partial charge in [-0.1, -0.05) is 32.6 Å². The fraction of sp³-hybridized carbons (Fsp3) is 1.00. The van der Waals surface area contributed by atoms with E-state index in [1.165, 1.54) is 70.9 Å². The van der Waals surface area contributed by atoms with E-state index in [0.29, 0.717) is 0 Å². The van der Waals surface area contributed by atoms with E-state index < -0.39 is 0 Å². The minimum atomic E-state index is 0.748. The molecular formula is C16H32N2. The average molecular weight is 252 g/mol. The molecule has 0 saturated heterocycles. The molecule has 0 aliphatic heterocycles. The number of nitrogens with zero attached hydrogens (tertiary/aromatic N) is 1. The lowest BCUT2D eigenvalue weighted by atomic mass is 9.84. The molecule has 0 spiro atoms. The third-order valence-electron chi connectivity index (χ3n) is 4.97. The maximum Gasteiger partial charge on any atom is 0.0246 e. The average Bonchev–Trinajstić information content (AvgIpc) is 2.56. The van der Waals surface area contributed by atoms with Crippen molar-refractivity contribution in [3.63, 3.8) is 0 Å². The third-order valence-corrected chi connectivity index (χ3v) is 4.97. The molecule has 0 heterocycles. The lowest BCUT2D eigenvalue weighted by Gasteiger charge is -2.38. The molecule has 2 fully saturated rings. The van der Waals surface area contributed by atoms with Gasteiger partial charge in [0.25, 0.3) is 0 Å². The van der Waals surface area contributed by atoms with Crippen LogP contribution in [0.1, 0.15) is 64.7 Å². The van der Waals surface area contributed by atoms with Crippen LogP contribution in [0.25, 0.3) is 0 Å². The van der Waals surface area contributed by atoms with E-state index in [9.17, 15) is 0 Å². The van der Waals surface area contributed by atoms with Gasteiger partial charge in [0.2, 0.25) is 0 Å². The molecule has 18 heavy (non-hydrogen) atoms. The summed E-state index contributed by atoms with van der Waals surface area (Å²) in [6, 6.07) is 1.54. The Bertz CT molecular complexity index is 225.